The molecule has 0 aliphatic rings. The number of hydrogen-bond acceptors (Lipinski definition) is 4. The molecule has 0 bridgehead atoms. The number of thiophene rings is 1. The van der Waals surface area contributed by atoms with Crippen molar-refractivity contribution in [3.05, 3.63) is 103 Å². The SMILES string of the molecule is Cc1ccc(CNC(=O)CCCn2c(=O)c3sccc3n(Cc3cc(C)ccc3C)c2=O)cc1. The quantitative estimate of drug-likeness (QED) is 0.413. The van der Waals surface area contributed by atoms with Crippen molar-refractivity contribution in [2.75, 3.05) is 0 Å². The van der Waals surface area contributed by atoms with Gasteiger partial charge in [-0.15, -0.1) is 11.3 Å². The summed E-state index contributed by atoms with van der Waals surface area (Å²) < 4.78 is 3.51. The maximum atomic E-state index is 13.3. The van der Waals surface area contributed by atoms with Crippen molar-refractivity contribution in [3.63, 3.8) is 0 Å². The molecule has 0 fully saturated rings. The van der Waals surface area contributed by atoms with E-state index in [1.54, 1.807) is 4.57 Å². The molecule has 176 valence electrons. The van der Waals surface area contributed by atoms with E-state index < -0.39 is 0 Å². The lowest BCUT2D eigenvalue weighted by molar-refractivity contribution is -0.121. The minimum atomic E-state index is -0.336. The summed E-state index contributed by atoms with van der Waals surface area (Å²) in [6, 6.07) is 16.0. The van der Waals surface area contributed by atoms with Gasteiger partial charge in [-0.25, -0.2) is 4.79 Å². The first-order chi connectivity index (χ1) is 16.3. The van der Waals surface area contributed by atoms with Crippen LogP contribution in [0.4, 0.5) is 0 Å². The summed E-state index contributed by atoms with van der Waals surface area (Å²) in [7, 11) is 0. The fraction of sp³-hybridized carbons (Fsp3) is 0.296. The van der Waals surface area contributed by atoms with Crippen LogP contribution in [-0.2, 0) is 24.4 Å². The first kappa shape index (κ1) is 23.7. The molecule has 1 N–H and O–H groups in total. The Bertz CT molecular complexity index is 1440. The number of amides is 1. The minimum Gasteiger partial charge on any atom is -0.352 e. The van der Waals surface area contributed by atoms with Crippen molar-refractivity contribution in [1.82, 2.24) is 14.5 Å². The van der Waals surface area contributed by atoms with E-state index >= 15 is 0 Å². The van der Waals surface area contributed by atoms with Gasteiger partial charge in [-0.2, -0.15) is 0 Å². The van der Waals surface area contributed by atoms with Crippen molar-refractivity contribution in [3.8, 4) is 0 Å². The molecule has 0 aliphatic heterocycles. The van der Waals surface area contributed by atoms with E-state index in [-0.39, 0.29) is 30.1 Å². The second-order valence-corrected chi connectivity index (χ2v) is 9.67. The van der Waals surface area contributed by atoms with Crippen LogP contribution in [0, 0.1) is 20.8 Å². The van der Waals surface area contributed by atoms with Crippen molar-refractivity contribution < 1.29 is 4.79 Å². The molecule has 0 spiro atoms. The molecule has 0 radical (unpaired) electrons. The summed E-state index contributed by atoms with van der Waals surface area (Å²) in [6.07, 6.45) is 0.659. The summed E-state index contributed by atoms with van der Waals surface area (Å²) in [5.41, 5.74) is 5.52. The van der Waals surface area contributed by atoms with Gasteiger partial charge >= 0.3 is 5.69 Å². The molecule has 2 heterocycles. The third-order valence-electron chi connectivity index (χ3n) is 6.07. The Morgan fingerprint density at radius 1 is 0.941 bits per heavy atom. The van der Waals surface area contributed by atoms with Gasteiger partial charge in [0.05, 0.1) is 12.1 Å². The third kappa shape index (κ3) is 5.20. The van der Waals surface area contributed by atoms with Gasteiger partial charge < -0.3 is 5.32 Å². The molecule has 0 atom stereocenters. The number of aromatic nitrogens is 2. The van der Waals surface area contributed by atoms with E-state index in [0.29, 0.717) is 29.7 Å². The fourth-order valence-electron chi connectivity index (χ4n) is 4.02. The molecule has 4 rings (SSSR count). The summed E-state index contributed by atoms with van der Waals surface area (Å²) in [5.74, 6) is -0.0958. The van der Waals surface area contributed by atoms with Crippen LogP contribution in [-0.4, -0.2) is 15.0 Å². The first-order valence-corrected chi connectivity index (χ1v) is 12.3. The van der Waals surface area contributed by atoms with Gasteiger partial charge in [0.25, 0.3) is 5.56 Å². The lowest BCUT2D eigenvalue weighted by atomic mass is 10.1. The normalized spacial score (nSPS) is 11.1. The Labute approximate surface area is 202 Å². The Morgan fingerprint density at radius 3 is 2.44 bits per heavy atom. The van der Waals surface area contributed by atoms with Crippen LogP contribution in [0.2, 0.25) is 0 Å². The molecule has 0 saturated heterocycles. The van der Waals surface area contributed by atoms with Crippen LogP contribution in [0.15, 0.2) is 63.5 Å². The first-order valence-electron chi connectivity index (χ1n) is 11.4. The zero-order chi connectivity index (χ0) is 24.2. The summed E-state index contributed by atoms with van der Waals surface area (Å²) in [5, 5.41) is 4.75. The van der Waals surface area contributed by atoms with Crippen LogP contribution >= 0.6 is 11.3 Å². The number of carbonyl (C=O) groups excluding carboxylic acids is 1. The molecular weight excluding hydrogens is 446 g/mol. The highest BCUT2D eigenvalue weighted by molar-refractivity contribution is 7.17. The average Bonchev–Trinajstić information content (AvgIpc) is 3.31. The molecule has 6 nitrogen and oxygen atoms in total. The lowest BCUT2D eigenvalue weighted by Gasteiger charge is -2.14. The van der Waals surface area contributed by atoms with Crippen LogP contribution in [0.1, 0.15) is 40.7 Å². The number of aryl methyl sites for hydroxylation is 3. The molecule has 2 aromatic carbocycles. The molecule has 0 saturated carbocycles. The number of rotatable bonds is 8. The van der Waals surface area contributed by atoms with Crippen LogP contribution in [0.5, 0.6) is 0 Å². The van der Waals surface area contributed by atoms with Gasteiger partial charge in [0.2, 0.25) is 5.91 Å². The van der Waals surface area contributed by atoms with Gasteiger partial charge in [-0.3, -0.25) is 18.7 Å². The van der Waals surface area contributed by atoms with Gasteiger partial charge in [-0.05, 0) is 55.3 Å². The smallest absolute Gasteiger partial charge is 0.331 e. The van der Waals surface area contributed by atoms with Crippen molar-refractivity contribution in [2.24, 2.45) is 0 Å². The number of carbonyl (C=O) groups is 1. The van der Waals surface area contributed by atoms with Gasteiger partial charge in [0, 0.05) is 19.5 Å². The van der Waals surface area contributed by atoms with Crippen molar-refractivity contribution >= 4 is 27.5 Å². The van der Waals surface area contributed by atoms with Gasteiger partial charge in [-0.1, -0.05) is 53.6 Å². The summed E-state index contributed by atoms with van der Waals surface area (Å²) >= 11 is 1.34. The lowest BCUT2D eigenvalue weighted by Crippen LogP contribution is -2.40. The number of fused-ring (bicyclic) bond motifs is 1. The fourth-order valence-corrected chi connectivity index (χ4v) is 4.86. The van der Waals surface area contributed by atoms with Gasteiger partial charge in [0.15, 0.2) is 0 Å². The van der Waals surface area contributed by atoms with E-state index in [1.807, 2.05) is 68.6 Å². The molecule has 2 aromatic heterocycles. The summed E-state index contributed by atoms with van der Waals surface area (Å²) in [6.45, 7) is 7.14. The van der Waals surface area contributed by atoms with E-state index in [9.17, 15) is 14.4 Å². The van der Waals surface area contributed by atoms with E-state index in [1.165, 1.54) is 21.5 Å². The second kappa shape index (κ2) is 10.2. The molecule has 4 aromatic rings. The highest BCUT2D eigenvalue weighted by Crippen LogP contribution is 2.18. The average molecular weight is 476 g/mol. The number of nitrogens with zero attached hydrogens (tertiary/aromatic N) is 2. The standard InChI is InChI=1S/C27H29N3O3S/c1-18-7-10-21(11-8-18)16-28-24(31)5-4-13-29-26(32)25-23(12-14-34-25)30(27(29)33)17-22-15-19(2)6-9-20(22)3/h6-12,14-15H,4-5,13,16-17H2,1-3H3,(H,28,31). The molecule has 34 heavy (non-hydrogen) atoms. The van der Waals surface area contributed by atoms with Crippen LogP contribution < -0.4 is 16.6 Å². The number of hydrogen-bond donors (Lipinski definition) is 1. The highest BCUT2D eigenvalue weighted by Gasteiger charge is 2.15. The zero-order valence-corrected chi connectivity index (χ0v) is 20.6. The third-order valence-corrected chi connectivity index (χ3v) is 6.96. The van der Waals surface area contributed by atoms with Crippen molar-refractivity contribution in [1.29, 1.82) is 0 Å². The van der Waals surface area contributed by atoms with Crippen LogP contribution in [0.3, 0.4) is 0 Å². The van der Waals surface area contributed by atoms with Gasteiger partial charge in [0.1, 0.15) is 4.70 Å². The van der Waals surface area contributed by atoms with E-state index in [4.69, 9.17) is 0 Å². The minimum absolute atomic E-state index is 0.0958. The Balaban J connectivity index is 1.49. The monoisotopic (exact) mass is 475 g/mol. The number of benzene rings is 2. The predicted molar refractivity (Wildman–Crippen MR) is 138 cm³/mol. The molecule has 0 unspecified atom stereocenters. The predicted octanol–water partition coefficient (Wildman–Crippen LogP) is 4.29. The highest BCUT2D eigenvalue weighted by atomic mass is 32.1. The zero-order valence-electron chi connectivity index (χ0n) is 19.8. The Morgan fingerprint density at radius 2 is 1.68 bits per heavy atom. The Kier molecular flexibility index (Phi) is 7.12. The second-order valence-electron chi connectivity index (χ2n) is 8.76. The topological polar surface area (TPSA) is 73.1 Å². The molecule has 0 aliphatic carbocycles. The Hall–Kier alpha value is -3.45. The molecular formula is C27H29N3O3S. The number of nitrogens with one attached hydrogen (secondary N) is 1. The van der Waals surface area contributed by atoms with E-state index in [0.717, 1.165) is 22.3 Å². The molecule has 7 heteroatoms. The van der Waals surface area contributed by atoms with Crippen LogP contribution in [0.25, 0.3) is 10.2 Å². The maximum absolute atomic E-state index is 13.3. The molecule has 1 amide bonds. The summed E-state index contributed by atoms with van der Waals surface area (Å²) in [4.78, 5) is 38.7. The van der Waals surface area contributed by atoms with Crippen molar-refractivity contribution in [2.45, 2.75) is 53.2 Å². The maximum Gasteiger partial charge on any atom is 0.331 e. The largest absolute Gasteiger partial charge is 0.352 e. The van der Waals surface area contributed by atoms with E-state index in [2.05, 4.69) is 11.4 Å².